The highest BCUT2D eigenvalue weighted by Gasteiger charge is 2.44. The summed E-state index contributed by atoms with van der Waals surface area (Å²) in [5.74, 6) is 3.36. The lowest BCUT2D eigenvalue weighted by Gasteiger charge is -2.27. The largest absolute Gasteiger partial charge is 0.381 e. The first-order valence-electron chi connectivity index (χ1n) is 12.1. The molecular weight excluding hydrogens is 416 g/mol. The maximum absolute atomic E-state index is 5.56. The number of rotatable bonds is 5. The Bertz CT molecular complexity index is 1090. The molecule has 3 fully saturated rings. The molecule has 1 aromatic carbocycles. The summed E-state index contributed by atoms with van der Waals surface area (Å²) in [7, 11) is 0. The smallest absolute Gasteiger partial charge is 0.157 e. The molecule has 6 rings (SSSR count). The predicted octanol–water partition coefficient (Wildman–Crippen LogP) is 5.26. The van der Waals surface area contributed by atoms with E-state index in [4.69, 9.17) is 9.84 Å². The van der Waals surface area contributed by atoms with Crippen LogP contribution in [-0.4, -0.2) is 42.0 Å². The van der Waals surface area contributed by atoms with Gasteiger partial charge in [-0.15, -0.1) is 21.5 Å². The average molecular weight is 449 g/mol. The summed E-state index contributed by atoms with van der Waals surface area (Å²) in [6.07, 6.45) is 6.25. The Balaban J connectivity index is 1.18. The summed E-state index contributed by atoms with van der Waals surface area (Å²) in [4.78, 5) is 0. The first-order valence-corrected chi connectivity index (χ1v) is 13.0. The van der Waals surface area contributed by atoms with Crippen molar-refractivity contribution in [3.05, 3.63) is 41.3 Å². The van der Waals surface area contributed by atoms with Crippen LogP contribution >= 0.6 is 11.3 Å². The van der Waals surface area contributed by atoms with Crippen molar-refractivity contribution in [2.75, 3.05) is 25.1 Å². The zero-order valence-electron chi connectivity index (χ0n) is 18.7. The number of benzene rings is 1. The van der Waals surface area contributed by atoms with Crippen LogP contribution < -0.4 is 10.6 Å². The number of hydrogen-bond acceptors (Lipinski definition) is 6. The van der Waals surface area contributed by atoms with Crippen molar-refractivity contribution >= 4 is 27.2 Å². The molecule has 0 amide bonds. The van der Waals surface area contributed by atoms with E-state index in [0.717, 1.165) is 42.5 Å². The number of ether oxygens (including phenoxy) is 1. The van der Waals surface area contributed by atoms with Crippen LogP contribution in [0.3, 0.4) is 0 Å². The molecule has 32 heavy (non-hydrogen) atoms. The van der Waals surface area contributed by atoms with E-state index in [2.05, 4.69) is 58.4 Å². The van der Waals surface area contributed by atoms with Crippen molar-refractivity contribution in [3.8, 4) is 11.3 Å². The van der Waals surface area contributed by atoms with E-state index in [-0.39, 0.29) is 0 Å². The Morgan fingerprint density at radius 1 is 1.12 bits per heavy atom. The van der Waals surface area contributed by atoms with Gasteiger partial charge in [0, 0.05) is 36.2 Å². The van der Waals surface area contributed by atoms with Gasteiger partial charge in [-0.3, -0.25) is 0 Å². The number of nitrogens with zero attached hydrogens (tertiary/aromatic N) is 2. The van der Waals surface area contributed by atoms with Crippen molar-refractivity contribution in [1.82, 2.24) is 15.5 Å². The van der Waals surface area contributed by atoms with Crippen molar-refractivity contribution in [2.24, 2.45) is 17.8 Å². The maximum atomic E-state index is 5.56. The average Bonchev–Trinajstić information content (AvgIpc) is 3.53. The molecule has 0 bridgehead atoms. The third kappa shape index (κ3) is 3.82. The van der Waals surface area contributed by atoms with E-state index in [9.17, 15) is 0 Å². The van der Waals surface area contributed by atoms with E-state index in [1.807, 2.05) is 0 Å². The van der Waals surface area contributed by atoms with Gasteiger partial charge in [0.15, 0.2) is 5.82 Å². The van der Waals surface area contributed by atoms with Gasteiger partial charge in [0.25, 0.3) is 0 Å². The monoisotopic (exact) mass is 448 g/mol. The van der Waals surface area contributed by atoms with Gasteiger partial charge < -0.3 is 15.4 Å². The summed E-state index contributed by atoms with van der Waals surface area (Å²) in [5, 5.41) is 20.4. The van der Waals surface area contributed by atoms with E-state index >= 15 is 0 Å². The number of aromatic nitrogens is 2. The molecule has 1 saturated carbocycles. The van der Waals surface area contributed by atoms with Crippen molar-refractivity contribution < 1.29 is 4.74 Å². The Labute approximate surface area is 194 Å². The van der Waals surface area contributed by atoms with Gasteiger partial charge in [0.1, 0.15) is 5.69 Å². The van der Waals surface area contributed by atoms with Crippen LogP contribution in [0.15, 0.2) is 35.7 Å². The summed E-state index contributed by atoms with van der Waals surface area (Å²) in [6, 6.07) is 11.8. The molecule has 0 radical (unpaired) electrons. The minimum absolute atomic E-state index is 0.492. The summed E-state index contributed by atoms with van der Waals surface area (Å²) in [5.41, 5.74) is 3.42. The molecule has 2 N–H and O–H groups in total. The second kappa shape index (κ2) is 8.73. The molecule has 2 aromatic heterocycles. The van der Waals surface area contributed by atoms with Gasteiger partial charge in [-0.25, -0.2) is 0 Å². The summed E-state index contributed by atoms with van der Waals surface area (Å²) < 4.78 is 6.79. The Morgan fingerprint density at radius 3 is 2.88 bits per heavy atom. The second-order valence-electron chi connectivity index (χ2n) is 9.92. The Hall–Kier alpha value is -2.02. The fourth-order valence-electron chi connectivity index (χ4n) is 6.25. The Morgan fingerprint density at radius 2 is 2.00 bits per heavy atom. The highest BCUT2D eigenvalue weighted by molar-refractivity contribution is 7.17. The van der Waals surface area contributed by atoms with E-state index < -0.39 is 0 Å². The molecule has 0 unspecified atom stereocenters. The highest BCUT2D eigenvalue weighted by atomic mass is 32.1. The van der Waals surface area contributed by atoms with Crippen molar-refractivity contribution in [3.63, 3.8) is 0 Å². The molecule has 2 saturated heterocycles. The molecular formula is C26H32N4OS. The van der Waals surface area contributed by atoms with E-state index in [1.54, 1.807) is 11.3 Å². The van der Waals surface area contributed by atoms with Crippen LogP contribution in [-0.2, 0) is 4.74 Å². The van der Waals surface area contributed by atoms with Crippen LogP contribution in [0.5, 0.6) is 0 Å². The topological polar surface area (TPSA) is 59.1 Å². The van der Waals surface area contributed by atoms with Crippen molar-refractivity contribution in [2.45, 2.75) is 51.1 Å². The van der Waals surface area contributed by atoms with Crippen LogP contribution in [0.2, 0.25) is 0 Å². The lowest BCUT2D eigenvalue weighted by Crippen LogP contribution is -2.33. The Kier molecular flexibility index (Phi) is 5.61. The molecule has 4 atom stereocenters. The number of fused-ring (bicyclic) bond motifs is 2. The van der Waals surface area contributed by atoms with Gasteiger partial charge in [0.2, 0.25) is 0 Å². The molecule has 3 aromatic rings. The van der Waals surface area contributed by atoms with Crippen LogP contribution in [0.4, 0.5) is 5.82 Å². The minimum Gasteiger partial charge on any atom is -0.381 e. The van der Waals surface area contributed by atoms with Gasteiger partial charge in [0.05, 0.1) is 4.70 Å². The van der Waals surface area contributed by atoms with Gasteiger partial charge in [-0.05, 0) is 80.3 Å². The van der Waals surface area contributed by atoms with Gasteiger partial charge >= 0.3 is 0 Å². The number of thiophene rings is 1. The highest BCUT2D eigenvalue weighted by Crippen LogP contribution is 2.43. The van der Waals surface area contributed by atoms with E-state index in [1.165, 1.54) is 59.9 Å². The lowest BCUT2D eigenvalue weighted by atomic mass is 9.85. The summed E-state index contributed by atoms with van der Waals surface area (Å²) >= 11 is 1.76. The quantitative estimate of drug-likeness (QED) is 0.557. The fourth-order valence-corrected chi connectivity index (χ4v) is 7.14. The zero-order chi connectivity index (χ0) is 21.5. The fraction of sp³-hybridized carbons (Fsp3) is 0.538. The lowest BCUT2D eigenvalue weighted by molar-refractivity contribution is 0.0594. The van der Waals surface area contributed by atoms with Crippen LogP contribution in [0, 0.1) is 24.7 Å². The number of hydrogen-bond donors (Lipinski definition) is 2. The number of nitrogens with one attached hydrogen (secondary N) is 2. The molecule has 0 spiro atoms. The molecule has 5 nitrogen and oxygen atoms in total. The molecule has 3 aliphatic rings. The van der Waals surface area contributed by atoms with Crippen molar-refractivity contribution in [1.29, 1.82) is 0 Å². The SMILES string of the molecule is Cc1ccccc1-c1nnc(N[C@H]2C[C@@H]3CN[C@@H](CC4CCOCC4)[C@H]3C2)c2ccsc12. The number of anilines is 1. The zero-order valence-corrected chi connectivity index (χ0v) is 19.5. The minimum atomic E-state index is 0.492. The third-order valence-corrected chi connectivity index (χ3v) is 8.88. The third-order valence-electron chi connectivity index (χ3n) is 7.96. The molecule has 6 heteroatoms. The standard InChI is InChI=1S/C26H32N4OS/c1-16-4-2-3-5-20(16)24-25-21(8-11-32-25)26(30-29-24)28-19-13-18-15-27-23(22(18)14-19)12-17-6-9-31-10-7-17/h2-5,8,11,17-19,22-23,27H,6-7,9-10,12-15H2,1H3,(H,28,30)/t18-,19+,22+,23+/m1/s1. The first kappa shape index (κ1) is 20.6. The molecule has 168 valence electrons. The predicted molar refractivity (Wildman–Crippen MR) is 131 cm³/mol. The van der Waals surface area contributed by atoms with Gasteiger partial charge in [-0.2, -0.15) is 0 Å². The number of aryl methyl sites for hydroxylation is 1. The van der Waals surface area contributed by atoms with Gasteiger partial charge in [-0.1, -0.05) is 24.3 Å². The van der Waals surface area contributed by atoms with Crippen LogP contribution in [0.25, 0.3) is 21.3 Å². The molecule has 4 heterocycles. The molecule has 2 aliphatic heterocycles. The molecule has 1 aliphatic carbocycles. The maximum Gasteiger partial charge on any atom is 0.157 e. The van der Waals surface area contributed by atoms with E-state index in [0.29, 0.717) is 12.1 Å². The second-order valence-corrected chi connectivity index (χ2v) is 10.8. The van der Waals surface area contributed by atoms with Crippen LogP contribution in [0.1, 0.15) is 37.7 Å². The summed E-state index contributed by atoms with van der Waals surface area (Å²) in [6.45, 7) is 5.21. The first-order chi connectivity index (χ1) is 15.8. The normalized spacial score (nSPS) is 28.3.